The van der Waals surface area contributed by atoms with E-state index in [9.17, 15) is 63.0 Å². The van der Waals surface area contributed by atoms with Crippen LogP contribution in [0.2, 0.25) is 0 Å². The molecule has 31 heteroatoms. The average molecular weight is 1310 g/mol. The van der Waals surface area contributed by atoms with E-state index in [1.807, 2.05) is 54.6 Å². The van der Waals surface area contributed by atoms with Crippen LogP contribution in [0.3, 0.4) is 0 Å². The molecule has 1 saturated heterocycles. The quantitative estimate of drug-likeness (QED) is 0.0322. The Hall–Kier alpha value is -7.75. The number of hydrogen-bond acceptors (Lipinski definition) is 20. The molecule has 3 aromatic carbocycles. The molecule has 4 rings (SSSR count). The molecular weight excluding hydrogens is 1220 g/mol. The van der Waals surface area contributed by atoms with Crippen LogP contribution >= 0.6 is 21.6 Å². The van der Waals surface area contributed by atoms with Crippen LogP contribution in [-0.4, -0.2) is 193 Å². The van der Waals surface area contributed by atoms with Gasteiger partial charge in [0.15, 0.2) is 0 Å². The number of benzene rings is 3. The van der Waals surface area contributed by atoms with E-state index in [1.165, 1.54) is 35.4 Å². The summed E-state index contributed by atoms with van der Waals surface area (Å²) in [5, 5.41) is 49.8. The number of carbonyl (C=O) groups is 11. The van der Waals surface area contributed by atoms with Gasteiger partial charge in [-0.05, 0) is 113 Å². The molecule has 1 aliphatic rings. The van der Waals surface area contributed by atoms with Crippen LogP contribution in [0.1, 0.15) is 71.8 Å². The second-order valence-corrected chi connectivity index (χ2v) is 24.6. The van der Waals surface area contributed by atoms with Crippen molar-refractivity contribution in [3.05, 3.63) is 90.5 Å². The lowest BCUT2D eigenvalue weighted by Gasteiger charge is -2.29. The molecule has 0 spiro atoms. The molecule has 1 fully saturated rings. The molecule has 91 heavy (non-hydrogen) atoms. The summed E-state index contributed by atoms with van der Waals surface area (Å²) in [7, 11) is 2.53. The summed E-state index contributed by atoms with van der Waals surface area (Å²) in [6.07, 6.45) is -4.61. The van der Waals surface area contributed by atoms with Gasteiger partial charge in [0.25, 0.3) is 0 Å². The highest BCUT2D eigenvalue weighted by atomic mass is 33.1. The summed E-state index contributed by atoms with van der Waals surface area (Å²) in [4.78, 5) is 155. The van der Waals surface area contributed by atoms with Crippen LogP contribution in [0.25, 0.3) is 11.1 Å². The van der Waals surface area contributed by atoms with Gasteiger partial charge in [0, 0.05) is 23.6 Å². The zero-order chi connectivity index (χ0) is 67.2. The lowest BCUT2D eigenvalue weighted by molar-refractivity contribution is -0.136. The van der Waals surface area contributed by atoms with Crippen molar-refractivity contribution in [1.29, 1.82) is 0 Å². The van der Waals surface area contributed by atoms with E-state index in [0.717, 1.165) is 16.0 Å². The first-order chi connectivity index (χ1) is 43.4. The summed E-state index contributed by atoms with van der Waals surface area (Å²) in [6, 6.07) is 10.9. The first kappa shape index (κ1) is 75.7. The molecule has 0 saturated carbocycles. The maximum Gasteiger partial charge on any atom is 0.245 e. The molecule has 1 heterocycles. The summed E-state index contributed by atoms with van der Waals surface area (Å²) in [5.74, 6) is -10.4. The van der Waals surface area contributed by atoms with Crippen molar-refractivity contribution < 1.29 is 63.0 Å². The molecule has 1 aliphatic heterocycles. The van der Waals surface area contributed by atoms with Gasteiger partial charge >= 0.3 is 0 Å². The Morgan fingerprint density at radius 3 is 1.58 bits per heavy atom. The first-order valence-corrected chi connectivity index (χ1v) is 32.4. The third-order valence-corrected chi connectivity index (χ3v) is 16.7. The Bertz CT molecular complexity index is 2880. The van der Waals surface area contributed by atoms with Crippen molar-refractivity contribution in [3.8, 4) is 11.1 Å². The normalized spacial score (nSPS) is 21.7. The van der Waals surface area contributed by atoms with Gasteiger partial charge in [-0.1, -0.05) is 108 Å². The fourth-order valence-corrected chi connectivity index (χ4v) is 11.6. The van der Waals surface area contributed by atoms with Gasteiger partial charge < -0.3 is 97.4 Å². The van der Waals surface area contributed by atoms with Crippen LogP contribution in [0.15, 0.2) is 89.8 Å². The van der Waals surface area contributed by atoms with Crippen LogP contribution in [0.4, 0.5) is 0 Å². The maximum atomic E-state index is 14.6. The molecular formula is C60H90N16O13S2. The molecule has 0 bridgehead atoms. The average Bonchev–Trinajstić information content (AvgIpc) is 2.53. The van der Waals surface area contributed by atoms with E-state index in [-0.39, 0.29) is 76.4 Å². The van der Waals surface area contributed by atoms with E-state index < -0.39 is 157 Å². The van der Waals surface area contributed by atoms with Gasteiger partial charge in [0.2, 0.25) is 65.0 Å². The standard InChI is InChI=1S/C60H90N16O13S2/c1-33(2)29-45-56(85)70-40(19-24-61)51(80)69-43(22-27-64)55(84)75-49(34(3)77)59(88)66-28-23-44(54(83)68-41(20-25-62)53(82)74-46(57(86)73-45)30-36-11-7-5-8-12-36)71-52(81)42(21-26-63)72-60(89)50(35(4)78)76-58(87)47(67-48(79)31-65)32-90-91-39-17-15-38(16-18-39)37-13-9-6-10-14-37/h5-18,33-35,40-47,49-50,77-78H,19-32,61-65H2,1-4H3,(H,66,88)(H,67,79)(H,68,83)(H,69,80)(H,70,85)(H,71,81)(H,72,89)(H,73,86)(H,74,82)(H,75,84)(H,76,87)/t34-,35-,40+,41+,42+,43+,44+,45+,46-,47+,49+,50+/m1/s1. The van der Waals surface area contributed by atoms with Crippen molar-refractivity contribution in [2.75, 3.05) is 45.0 Å². The molecule has 0 aliphatic carbocycles. The third kappa shape index (κ3) is 25.5. The highest BCUT2D eigenvalue weighted by molar-refractivity contribution is 8.76. The fourth-order valence-electron chi connectivity index (χ4n) is 9.38. The minimum atomic E-state index is -1.75. The summed E-state index contributed by atoms with van der Waals surface area (Å²) in [5.41, 5.74) is 31.8. The number of aliphatic hydroxyl groups excluding tert-OH is 2. The lowest BCUT2D eigenvalue weighted by Crippen LogP contribution is -2.62. The SMILES string of the molecule is CC(C)C[C@@H]1NC(=O)[C@@H](Cc2ccccc2)NC(=O)[C@H](CCN)NC(=O)[C@@H](NC(=O)[C@H](CCN)NC(=O)[C@@H](NC(=O)[C@H](CSSc2ccc(-c3ccccc3)cc2)NC(=O)CN)[C@@H](C)O)CCNC(=O)[C@H]([C@@H](C)O)NC(=O)[C@H](CCN)NC(=O)[C@H](CCN)NC1=O. The van der Waals surface area contributed by atoms with Gasteiger partial charge in [-0.25, -0.2) is 0 Å². The van der Waals surface area contributed by atoms with Gasteiger partial charge in [0.1, 0.15) is 60.4 Å². The lowest BCUT2D eigenvalue weighted by atomic mass is 10.00. The van der Waals surface area contributed by atoms with Crippen LogP contribution in [0.5, 0.6) is 0 Å². The zero-order valence-corrected chi connectivity index (χ0v) is 53.2. The van der Waals surface area contributed by atoms with Crippen molar-refractivity contribution >= 4 is 86.6 Å². The molecule has 23 N–H and O–H groups in total. The van der Waals surface area contributed by atoms with Crippen molar-refractivity contribution in [1.82, 2.24) is 58.5 Å². The number of amides is 11. The first-order valence-electron chi connectivity index (χ1n) is 30.1. The predicted molar refractivity (Wildman–Crippen MR) is 344 cm³/mol. The van der Waals surface area contributed by atoms with Crippen LogP contribution < -0.4 is 87.2 Å². The highest BCUT2D eigenvalue weighted by Gasteiger charge is 2.38. The molecule has 12 atom stereocenters. The molecule has 3 aromatic rings. The molecule has 11 amide bonds. The van der Waals surface area contributed by atoms with Gasteiger partial charge in [-0.2, -0.15) is 0 Å². The summed E-state index contributed by atoms with van der Waals surface area (Å²) >= 11 is 0. The number of aliphatic hydroxyl groups is 2. The zero-order valence-electron chi connectivity index (χ0n) is 51.6. The highest BCUT2D eigenvalue weighted by Crippen LogP contribution is 2.33. The van der Waals surface area contributed by atoms with E-state index in [2.05, 4.69) is 58.5 Å². The Labute approximate surface area is 537 Å². The fraction of sp³-hybridized carbons (Fsp3) is 0.517. The Balaban J connectivity index is 1.68. The monoisotopic (exact) mass is 1310 g/mol. The smallest absolute Gasteiger partial charge is 0.245 e. The summed E-state index contributed by atoms with van der Waals surface area (Å²) in [6.45, 7) is 4.28. The van der Waals surface area contributed by atoms with E-state index >= 15 is 0 Å². The Morgan fingerprint density at radius 1 is 0.549 bits per heavy atom. The minimum absolute atomic E-state index is 0.0329. The number of carbonyl (C=O) groups excluding carboxylic acids is 11. The molecule has 29 nitrogen and oxygen atoms in total. The minimum Gasteiger partial charge on any atom is -0.391 e. The molecule has 500 valence electrons. The van der Waals surface area contributed by atoms with Crippen molar-refractivity contribution in [3.63, 3.8) is 0 Å². The van der Waals surface area contributed by atoms with Gasteiger partial charge in [-0.3, -0.25) is 52.7 Å². The maximum absolute atomic E-state index is 14.6. The van der Waals surface area contributed by atoms with Crippen LogP contribution in [-0.2, 0) is 59.2 Å². The number of nitrogens with two attached hydrogens (primary N) is 5. The Morgan fingerprint density at radius 2 is 1.05 bits per heavy atom. The van der Waals surface area contributed by atoms with E-state index in [4.69, 9.17) is 28.7 Å². The van der Waals surface area contributed by atoms with E-state index in [0.29, 0.717) is 5.56 Å². The molecule has 0 aromatic heterocycles. The van der Waals surface area contributed by atoms with E-state index in [1.54, 1.807) is 44.2 Å². The number of nitrogens with one attached hydrogen (secondary N) is 11. The second kappa shape index (κ2) is 39.5. The second-order valence-electron chi connectivity index (χ2n) is 22.2. The third-order valence-electron chi connectivity index (χ3n) is 14.3. The largest absolute Gasteiger partial charge is 0.391 e. The van der Waals surface area contributed by atoms with Gasteiger partial charge in [-0.15, -0.1) is 0 Å². The van der Waals surface area contributed by atoms with Crippen LogP contribution in [0, 0.1) is 5.92 Å². The Kier molecular flexibility index (Phi) is 32.9. The summed E-state index contributed by atoms with van der Waals surface area (Å²) < 4.78 is 0. The molecule has 0 radical (unpaired) electrons. The van der Waals surface area contributed by atoms with Gasteiger partial charge in [0.05, 0.1) is 18.8 Å². The topological polar surface area (TPSA) is 491 Å². The van der Waals surface area contributed by atoms with Crippen molar-refractivity contribution in [2.45, 2.75) is 150 Å². The number of rotatable bonds is 27. The number of hydrogen-bond donors (Lipinski definition) is 18. The van der Waals surface area contributed by atoms with Crippen molar-refractivity contribution in [2.24, 2.45) is 34.6 Å². The molecule has 0 unspecified atom stereocenters. The predicted octanol–water partition coefficient (Wildman–Crippen LogP) is -4.13.